The van der Waals surface area contributed by atoms with Gasteiger partial charge in [0.25, 0.3) is 5.91 Å². The molecule has 0 saturated carbocycles. The maximum Gasteiger partial charge on any atom is 0.407 e. The number of piperidine rings is 1. The minimum absolute atomic E-state index is 0.0650. The molecular formula is C33H37FN4O4. The fraction of sp³-hybridized carbons (Fsp3) is 0.333. The van der Waals surface area contributed by atoms with E-state index in [-0.39, 0.29) is 23.8 Å². The van der Waals surface area contributed by atoms with Gasteiger partial charge in [0, 0.05) is 54.1 Å². The van der Waals surface area contributed by atoms with Gasteiger partial charge in [-0.2, -0.15) is 0 Å². The predicted molar refractivity (Wildman–Crippen MR) is 163 cm³/mol. The van der Waals surface area contributed by atoms with Crippen molar-refractivity contribution in [2.45, 2.75) is 45.3 Å². The van der Waals surface area contributed by atoms with E-state index in [4.69, 9.17) is 9.47 Å². The van der Waals surface area contributed by atoms with Gasteiger partial charge in [-0.15, -0.1) is 0 Å². The van der Waals surface area contributed by atoms with Crippen molar-refractivity contribution >= 4 is 28.6 Å². The number of hydrogen-bond donors (Lipinski definition) is 2. The van der Waals surface area contributed by atoms with Gasteiger partial charge in [0.1, 0.15) is 5.60 Å². The van der Waals surface area contributed by atoms with Crippen molar-refractivity contribution in [1.29, 1.82) is 0 Å². The zero-order valence-electron chi connectivity index (χ0n) is 24.7. The monoisotopic (exact) mass is 572 g/mol. The maximum absolute atomic E-state index is 14.8. The highest BCUT2D eigenvalue weighted by atomic mass is 19.1. The molecule has 0 atom stereocenters. The molecule has 1 aliphatic heterocycles. The van der Waals surface area contributed by atoms with Crippen molar-refractivity contribution in [1.82, 2.24) is 15.2 Å². The largest absolute Gasteiger partial charge is 0.494 e. The number of ether oxygens (including phenoxy) is 2. The van der Waals surface area contributed by atoms with Crippen LogP contribution in [0.5, 0.6) is 5.75 Å². The first-order valence-electron chi connectivity index (χ1n) is 14.1. The van der Waals surface area contributed by atoms with E-state index in [2.05, 4.69) is 44.4 Å². The molecule has 0 spiro atoms. The third kappa shape index (κ3) is 6.20. The molecule has 0 unspecified atom stereocenters. The molecule has 3 aromatic carbocycles. The van der Waals surface area contributed by atoms with E-state index in [0.717, 1.165) is 53.9 Å². The van der Waals surface area contributed by atoms with Gasteiger partial charge in [-0.05, 0) is 100 Å². The van der Waals surface area contributed by atoms with Gasteiger partial charge in [0.05, 0.1) is 18.3 Å². The first-order valence-corrected chi connectivity index (χ1v) is 14.1. The summed E-state index contributed by atoms with van der Waals surface area (Å²) in [7, 11) is 3.05. The third-order valence-corrected chi connectivity index (χ3v) is 7.43. The summed E-state index contributed by atoms with van der Waals surface area (Å²) < 4.78 is 27.4. The van der Waals surface area contributed by atoms with Crippen LogP contribution in [-0.4, -0.2) is 55.5 Å². The molecule has 1 aromatic heterocycles. The van der Waals surface area contributed by atoms with E-state index >= 15 is 0 Å². The molecule has 1 fully saturated rings. The van der Waals surface area contributed by atoms with Gasteiger partial charge in [-0.25, -0.2) is 9.18 Å². The molecule has 2 amide bonds. The lowest BCUT2D eigenvalue weighted by Gasteiger charge is -2.34. The predicted octanol–water partition coefficient (Wildman–Crippen LogP) is 6.30. The molecule has 8 nitrogen and oxygen atoms in total. The van der Waals surface area contributed by atoms with Crippen LogP contribution in [0.2, 0.25) is 0 Å². The lowest BCUT2D eigenvalue weighted by atomic mass is 10.0. The van der Waals surface area contributed by atoms with Gasteiger partial charge in [-0.3, -0.25) is 4.79 Å². The molecule has 220 valence electrons. The van der Waals surface area contributed by atoms with Crippen LogP contribution in [-0.2, 0) is 4.74 Å². The summed E-state index contributed by atoms with van der Waals surface area (Å²) in [6, 6.07) is 20.7. The highest BCUT2D eigenvalue weighted by Crippen LogP contribution is 2.36. The number of aromatic nitrogens is 1. The van der Waals surface area contributed by atoms with Crippen LogP contribution in [0.3, 0.4) is 0 Å². The average Bonchev–Trinajstić information content (AvgIpc) is 3.35. The van der Waals surface area contributed by atoms with E-state index in [1.165, 1.54) is 13.2 Å². The molecular weight excluding hydrogens is 535 g/mol. The first-order chi connectivity index (χ1) is 20.1. The number of carbonyl (C=O) groups is 2. The van der Waals surface area contributed by atoms with Crippen molar-refractivity contribution in [3.8, 4) is 22.7 Å². The first kappa shape index (κ1) is 29.0. The Bertz CT molecular complexity index is 1600. The Labute approximate surface area is 245 Å². The van der Waals surface area contributed by atoms with E-state index in [9.17, 15) is 14.0 Å². The number of nitrogens with zero attached hydrogens (tertiary/aromatic N) is 2. The second kappa shape index (κ2) is 11.8. The van der Waals surface area contributed by atoms with Gasteiger partial charge in [0.15, 0.2) is 11.6 Å². The maximum atomic E-state index is 14.8. The Kier molecular flexibility index (Phi) is 8.11. The number of amides is 2. The van der Waals surface area contributed by atoms with Crippen molar-refractivity contribution in [3.05, 3.63) is 78.1 Å². The molecule has 4 aromatic rings. The van der Waals surface area contributed by atoms with Crippen LogP contribution in [0, 0.1) is 5.82 Å². The summed E-state index contributed by atoms with van der Waals surface area (Å²) in [4.78, 5) is 26.7. The molecule has 2 N–H and O–H groups in total. The number of methoxy groups -OCH3 is 1. The number of nitrogens with one attached hydrogen (secondary N) is 2. The molecule has 2 heterocycles. The number of alkyl carbamates (subject to hydrolysis) is 1. The summed E-state index contributed by atoms with van der Waals surface area (Å²) in [6.45, 7) is 7.16. The number of rotatable bonds is 6. The number of halogens is 1. The topological polar surface area (TPSA) is 84.8 Å². The second-order valence-corrected chi connectivity index (χ2v) is 11.5. The third-order valence-electron chi connectivity index (χ3n) is 7.43. The van der Waals surface area contributed by atoms with Crippen molar-refractivity contribution in [2.24, 2.45) is 0 Å². The van der Waals surface area contributed by atoms with Crippen molar-refractivity contribution in [3.63, 3.8) is 0 Å². The van der Waals surface area contributed by atoms with Gasteiger partial charge >= 0.3 is 6.09 Å². The second-order valence-electron chi connectivity index (χ2n) is 11.5. The minimum atomic E-state index is -0.529. The highest BCUT2D eigenvalue weighted by Gasteiger charge is 2.24. The highest BCUT2D eigenvalue weighted by molar-refractivity contribution is 5.95. The Morgan fingerprint density at radius 2 is 1.62 bits per heavy atom. The quantitative estimate of drug-likeness (QED) is 0.283. The molecule has 42 heavy (non-hydrogen) atoms. The van der Waals surface area contributed by atoms with Crippen LogP contribution >= 0.6 is 0 Å². The fourth-order valence-electron chi connectivity index (χ4n) is 5.38. The summed E-state index contributed by atoms with van der Waals surface area (Å²) in [6.07, 6.45) is 1.24. The van der Waals surface area contributed by atoms with E-state index in [1.54, 1.807) is 25.2 Å². The van der Waals surface area contributed by atoms with Crippen LogP contribution in [0.25, 0.3) is 27.8 Å². The Morgan fingerprint density at radius 3 is 2.24 bits per heavy atom. The van der Waals surface area contributed by atoms with Gasteiger partial charge < -0.3 is 29.6 Å². The summed E-state index contributed by atoms with van der Waals surface area (Å²) in [5.41, 5.74) is 4.44. The van der Waals surface area contributed by atoms with Gasteiger partial charge in [-0.1, -0.05) is 0 Å². The lowest BCUT2D eigenvalue weighted by molar-refractivity contribution is 0.0497. The van der Waals surface area contributed by atoms with Crippen LogP contribution in [0.15, 0.2) is 66.7 Å². The van der Waals surface area contributed by atoms with Crippen LogP contribution in [0.4, 0.5) is 14.9 Å². The standard InChI is InChI=1S/C33H37FN4O4/c1-33(2,3)42-32(40)36-24-14-16-37(17-15-24)26-11-12-28-23(18-26)20-29(22-8-13-30(41-5)27(34)19-22)38(28)25-9-6-21(7-10-25)31(39)35-4/h6-13,18-20,24H,14-17H2,1-5H3,(H,35,39)(H,36,40). The van der Waals surface area contributed by atoms with Crippen LogP contribution < -0.4 is 20.3 Å². The number of anilines is 1. The summed E-state index contributed by atoms with van der Waals surface area (Å²) in [5.74, 6) is -0.417. The minimum Gasteiger partial charge on any atom is -0.494 e. The van der Waals surface area contributed by atoms with Crippen molar-refractivity contribution in [2.75, 3.05) is 32.1 Å². The normalized spacial score (nSPS) is 14.1. The number of fused-ring (bicyclic) bond motifs is 1. The Morgan fingerprint density at radius 1 is 0.929 bits per heavy atom. The SMILES string of the molecule is CNC(=O)c1ccc(-n2c(-c3ccc(OC)c(F)c3)cc3cc(N4CCC(NC(=O)OC(C)(C)C)CC4)ccc32)cc1. The number of hydrogen-bond acceptors (Lipinski definition) is 5. The Hall–Kier alpha value is -4.53. The fourth-order valence-corrected chi connectivity index (χ4v) is 5.38. The average molecular weight is 573 g/mol. The number of benzene rings is 3. The molecule has 5 rings (SSSR count). The summed E-state index contributed by atoms with van der Waals surface area (Å²) in [5, 5.41) is 6.65. The van der Waals surface area contributed by atoms with E-state index in [0.29, 0.717) is 11.1 Å². The lowest BCUT2D eigenvalue weighted by Crippen LogP contribution is -2.46. The van der Waals surface area contributed by atoms with Gasteiger partial charge in [0.2, 0.25) is 0 Å². The van der Waals surface area contributed by atoms with E-state index < -0.39 is 11.4 Å². The Balaban J connectivity index is 1.45. The smallest absolute Gasteiger partial charge is 0.407 e. The van der Waals surface area contributed by atoms with Crippen LogP contribution in [0.1, 0.15) is 44.0 Å². The summed E-state index contributed by atoms with van der Waals surface area (Å²) >= 11 is 0. The molecule has 0 radical (unpaired) electrons. The molecule has 0 bridgehead atoms. The zero-order chi connectivity index (χ0) is 30.0. The molecule has 1 aliphatic rings. The zero-order valence-corrected chi connectivity index (χ0v) is 24.7. The molecule has 9 heteroatoms. The van der Waals surface area contributed by atoms with Crippen molar-refractivity contribution < 1.29 is 23.5 Å². The molecule has 0 aliphatic carbocycles. The van der Waals surface area contributed by atoms with E-state index in [1.807, 2.05) is 39.0 Å². The number of carbonyl (C=O) groups excluding carboxylic acids is 2. The molecule has 1 saturated heterocycles.